The normalized spacial score (nSPS) is 22.4. The molecular formula is C16H19NO5S. The van der Waals surface area contributed by atoms with Crippen LogP contribution in [-0.4, -0.2) is 53.8 Å². The van der Waals surface area contributed by atoms with Gasteiger partial charge in [-0.05, 0) is 24.0 Å². The van der Waals surface area contributed by atoms with Gasteiger partial charge in [0.15, 0.2) is 11.5 Å². The number of thioether (sulfide) groups is 1. The fourth-order valence-corrected chi connectivity index (χ4v) is 3.47. The van der Waals surface area contributed by atoms with Gasteiger partial charge in [0.05, 0.1) is 5.92 Å². The Labute approximate surface area is 138 Å². The average Bonchev–Trinajstić information content (AvgIpc) is 3.18. The molecule has 2 atom stereocenters. The molecule has 0 aromatic heterocycles. The van der Waals surface area contributed by atoms with Gasteiger partial charge in [-0.25, -0.2) is 0 Å². The zero-order valence-electron chi connectivity index (χ0n) is 12.9. The molecule has 2 aliphatic rings. The van der Waals surface area contributed by atoms with Crippen molar-refractivity contribution in [1.29, 1.82) is 0 Å². The van der Waals surface area contributed by atoms with Crippen LogP contribution in [0, 0.1) is 5.92 Å². The number of carbonyl (C=O) groups excluding carboxylic acids is 1. The number of nitrogens with zero attached hydrogens (tertiary/aromatic N) is 1. The highest BCUT2D eigenvalue weighted by atomic mass is 32.2. The van der Waals surface area contributed by atoms with Crippen molar-refractivity contribution in [1.82, 2.24) is 4.90 Å². The molecule has 1 aromatic carbocycles. The minimum Gasteiger partial charge on any atom is -0.481 e. The summed E-state index contributed by atoms with van der Waals surface area (Å²) in [4.78, 5) is 25.5. The number of hydrogen-bond acceptors (Lipinski definition) is 5. The Hall–Kier alpha value is -1.89. The third kappa shape index (κ3) is 3.24. The second kappa shape index (κ2) is 6.70. The minimum atomic E-state index is -0.868. The number of carboxylic acid groups (broad SMARTS) is 1. The average molecular weight is 337 g/mol. The fraction of sp³-hybridized carbons (Fsp3) is 0.500. The minimum absolute atomic E-state index is 0.0221. The van der Waals surface area contributed by atoms with E-state index in [0.717, 1.165) is 11.3 Å². The largest absolute Gasteiger partial charge is 0.481 e. The van der Waals surface area contributed by atoms with E-state index in [1.54, 1.807) is 22.7 Å². The predicted octanol–water partition coefficient (Wildman–Crippen LogP) is 1.80. The summed E-state index contributed by atoms with van der Waals surface area (Å²) in [7, 11) is 0. The Morgan fingerprint density at radius 2 is 2.09 bits per heavy atom. The van der Waals surface area contributed by atoms with Gasteiger partial charge in [-0.2, -0.15) is 11.8 Å². The van der Waals surface area contributed by atoms with Gasteiger partial charge < -0.3 is 19.5 Å². The van der Waals surface area contributed by atoms with E-state index in [2.05, 4.69) is 0 Å². The Morgan fingerprint density at radius 1 is 1.30 bits per heavy atom. The first-order valence-corrected chi connectivity index (χ1v) is 8.88. The highest BCUT2D eigenvalue weighted by molar-refractivity contribution is 7.98. The van der Waals surface area contributed by atoms with E-state index in [4.69, 9.17) is 9.47 Å². The van der Waals surface area contributed by atoms with Crippen LogP contribution in [0.15, 0.2) is 18.2 Å². The number of benzene rings is 1. The molecular weight excluding hydrogens is 318 g/mol. The highest BCUT2D eigenvalue weighted by Crippen LogP contribution is 2.39. The number of ether oxygens (including phenoxy) is 2. The number of fused-ring (bicyclic) bond motifs is 1. The van der Waals surface area contributed by atoms with E-state index in [9.17, 15) is 14.7 Å². The molecule has 1 N–H and O–H groups in total. The topological polar surface area (TPSA) is 76.1 Å². The van der Waals surface area contributed by atoms with Crippen molar-refractivity contribution in [3.05, 3.63) is 23.8 Å². The number of rotatable bonds is 5. The molecule has 0 saturated carbocycles. The molecule has 3 rings (SSSR count). The predicted molar refractivity (Wildman–Crippen MR) is 86.0 cm³/mol. The number of hydrogen-bond donors (Lipinski definition) is 1. The number of carboxylic acids is 1. The van der Waals surface area contributed by atoms with Crippen LogP contribution in [0.1, 0.15) is 17.9 Å². The maximum atomic E-state index is 12.2. The van der Waals surface area contributed by atoms with Crippen LogP contribution in [0.3, 0.4) is 0 Å². The van der Waals surface area contributed by atoms with Crippen molar-refractivity contribution in [2.45, 2.75) is 12.3 Å². The van der Waals surface area contributed by atoms with E-state index in [0.29, 0.717) is 24.5 Å². The van der Waals surface area contributed by atoms with Crippen LogP contribution in [0.4, 0.5) is 0 Å². The van der Waals surface area contributed by atoms with Crippen molar-refractivity contribution in [2.24, 2.45) is 5.92 Å². The highest BCUT2D eigenvalue weighted by Gasteiger charge is 2.40. The summed E-state index contributed by atoms with van der Waals surface area (Å²) in [6.07, 6.45) is 2.40. The quantitative estimate of drug-likeness (QED) is 0.883. The SMILES string of the molecule is CSCCC(=O)N1C[C@H](C(=O)O)[C@@H](c2ccc3c(c2)OCO3)C1. The summed E-state index contributed by atoms with van der Waals surface area (Å²) in [5.74, 6) is 0.405. The Balaban J connectivity index is 1.79. The van der Waals surface area contributed by atoms with Gasteiger partial charge in [0, 0.05) is 31.2 Å². The molecule has 6 nitrogen and oxygen atoms in total. The lowest BCUT2D eigenvalue weighted by Crippen LogP contribution is -2.30. The number of carbonyl (C=O) groups is 2. The van der Waals surface area contributed by atoms with Crippen LogP contribution >= 0.6 is 11.8 Å². The summed E-state index contributed by atoms with van der Waals surface area (Å²) in [5, 5.41) is 9.52. The smallest absolute Gasteiger partial charge is 0.308 e. The third-order valence-corrected chi connectivity index (χ3v) is 4.95. The molecule has 1 fully saturated rings. The maximum Gasteiger partial charge on any atom is 0.308 e. The van der Waals surface area contributed by atoms with Crippen LogP contribution < -0.4 is 9.47 Å². The zero-order chi connectivity index (χ0) is 16.4. The Kier molecular flexibility index (Phi) is 4.66. The summed E-state index contributed by atoms with van der Waals surface area (Å²) in [6, 6.07) is 5.50. The number of amides is 1. The maximum absolute atomic E-state index is 12.2. The van der Waals surface area contributed by atoms with E-state index < -0.39 is 11.9 Å². The molecule has 7 heteroatoms. The molecule has 0 aliphatic carbocycles. The fourth-order valence-electron chi connectivity index (χ4n) is 3.09. The lowest BCUT2D eigenvalue weighted by atomic mass is 9.89. The summed E-state index contributed by atoms with van der Waals surface area (Å²) in [5.41, 5.74) is 0.877. The lowest BCUT2D eigenvalue weighted by molar-refractivity contribution is -0.141. The van der Waals surface area contributed by atoms with Gasteiger partial charge in [0.1, 0.15) is 0 Å². The van der Waals surface area contributed by atoms with Crippen molar-refractivity contribution in [2.75, 3.05) is 31.9 Å². The first kappa shape index (κ1) is 16.0. The Bertz CT molecular complexity index is 620. The molecule has 0 bridgehead atoms. The molecule has 1 amide bonds. The molecule has 124 valence electrons. The number of aliphatic carboxylic acids is 1. The van der Waals surface area contributed by atoms with Gasteiger partial charge in [-0.1, -0.05) is 6.07 Å². The van der Waals surface area contributed by atoms with E-state index in [-0.39, 0.29) is 25.2 Å². The van der Waals surface area contributed by atoms with Crippen molar-refractivity contribution < 1.29 is 24.2 Å². The first-order chi connectivity index (χ1) is 11.1. The Morgan fingerprint density at radius 3 is 2.83 bits per heavy atom. The van der Waals surface area contributed by atoms with E-state index in [1.807, 2.05) is 18.4 Å². The lowest BCUT2D eigenvalue weighted by Gasteiger charge is -2.16. The first-order valence-electron chi connectivity index (χ1n) is 7.49. The van der Waals surface area contributed by atoms with Gasteiger partial charge in [0.25, 0.3) is 0 Å². The molecule has 1 aromatic rings. The molecule has 2 heterocycles. The van der Waals surface area contributed by atoms with Crippen LogP contribution in [0.25, 0.3) is 0 Å². The summed E-state index contributed by atoms with van der Waals surface area (Å²) in [6.45, 7) is 0.886. The van der Waals surface area contributed by atoms with Gasteiger partial charge in [0.2, 0.25) is 12.7 Å². The third-order valence-electron chi connectivity index (χ3n) is 4.33. The molecule has 1 saturated heterocycles. The van der Waals surface area contributed by atoms with Crippen molar-refractivity contribution >= 4 is 23.6 Å². The second-order valence-corrected chi connectivity index (χ2v) is 6.69. The van der Waals surface area contributed by atoms with Crippen molar-refractivity contribution in [3.8, 4) is 11.5 Å². The monoisotopic (exact) mass is 337 g/mol. The van der Waals surface area contributed by atoms with Crippen LogP contribution in [0.5, 0.6) is 11.5 Å². The molecule has 0 spiro atoms. The molecule has 0 unspecified atom stereocenters. The zero-order valence-corrected chi connectivity index (χ0v) is 13.7. The number of likely N-dealkylation sites (tertiary alicyclic amines) is 1. The van der Waals surface area contributed by atoms with Gasteiger partial charge >= 0.3 is 5.97 Å². The van der Waals surface area contributed by atoms with E-state index in [1.165, 1.54) is 0 Å². The van der Waals surface area contributed by atoms with Crippen molar-refractivity contribution in [3.63, 3.8) is 0 Å². The molecule has 0 radical (unpaired) electrons. The van der Waals surface area contributed by atoms with Gasteiger partial charge in [-0.15, -0.1) is 0 Å². The standard InChI is InChI=1S/C16H19NO5S/c1-23-5-4-15(18)17-7-11(12(8-17)16(19)20)10-2-3-13-14(6-10)22-9-21-13/h2-3,6,11-12H,4-5,7-9H2,1H3,(H,19,20)/t11-,12+/m1/s1. The summed E-state index contributed by atoms with van der Waals surface area (Å²) >= 11 is 1.61. The molecule has 23 heavy (non-hydrogen) atoms. The van der Waals surface area contributed by atoms with Crippen LogP contribution in [0.2, 0.25) is 0 Å². The second-order valence-electron chi connectivity index (χ2n) is 5.71. The molecule has 2 aliphatic heterocycles. The van der Waals surface area contributed by atoms with Gasteiger partial charge in [-0.3, -0.25) is 9.59 Å². The summed E-state index contributed by atoms with van der Waals surface area (Å²) < 4.78 is 10.7. The van der Waals surface area contributed by atoms with Crippen LogP contribution in [-0.2, 0) is 9.59 Å². The van der Waals surface area contributed by atoms with E-state index >= 15 is 0 Å².